The molecular formula is C15H23NO3S. The Morgan fingerprint density at radius 1 is 1.25 bits per heavy atom. The Kier molecular flexibility index (Phi) is 5.05. The van der Waals surface area contributed by atoms with Crippen molar-refractivity contribution in [3.8, 4) is 17.2 Å². The average Bonchev–Trinajstić information content (AvgIpc) is 2.91. The van der Waals surface area contributed by atoms with Gasteiger partial charge in [-0.2, -0.15) is 11.8 Å². The van der Waals surface area contributed by atoms with Crippen molar-refractivity contribution in [2.24, 2.45) is 0 Å². The number of benzene rings is 1. The zero-order valence-corrected chi connectivity index (χ0v) is 13.2. The van der Waals surface area contributed by atoms with Crippen molar-refractivity contribution in [2.75, 3.05) is 19.6 Å². The quantitative estimate of drug-likeness (QED) is 0.810. The molecule has 0 aliphatic carbocycles. The first-order valence-corrected chi connectivity index (χ1v) is 8.24. The minimum Gasteiger partial charge on any atom is -0.507 e. The Morgan fingerprint density at radius 2 is 1.90 bits per heavy atom. The van der Waals surface area contributed by atoms with Gasteiger partial charge in [0.15, 0.2) is 11.5 Å². The van der Waals surface area contributed by atoms with Crippen molar-refractivity contribution < 1.29 is 14.6 Å². The van der Waals surface area contributed by atoms with Crippen molar-refractivity contribution in [3.05, 3.63) is 17.7 Å². The van der Waals surface area contributed by atoms with Crippen LogP contribution in [0.3, 0.4) is 0 Å². The van der Waals surface area contributed by atoms with E-state index in [2.05, 4.69) is 25.4 Å². The van der Waals surface area contributed by atoms with Crippen LogP contribution in [0.25, 0.3) is 0 Å². The summed E-state index contributed by atoms with van der Waals surface area (Å²) in [6, 6.07) is 3.48. The van der Waals surface area contributed by atoms with E-state index < -0.39 is 0 Å². The third-order valence-corrected chi connectivity index (χ3v) is 5.65. The standard InChI is InChI=1S/C15H23NO3S/c1-4-15(5-2,20-3)9-16-8-11-6-13-14(7-12(11)17)19-10-18-13/h6-7,16-17H,4-5,8-10H2,1-3H3. The molecule has 0 bridgehead atoms. The highest BCUT2D eigenvalue weighted by Gasteiger charge is 2.24. The maximum atomic E-state index is 9.99. The molecule has 2 rings (SSSR count). The van der Waals surface area contributed by atoms with Gasteiger partial charge in [-0.3, -0.25) is 0 Å². The third kappa shape index (κ3) is 3.15. The maximum absolute atomic E-state index is 9.99. The maximum Gasteiger partial charge on any atom is 0.231 e. The van der Waals surface area contributed by atoms with Gasteiger partial charge in [0.05, 0.1) is 0 Å². The lowest BCUT2D eigenvalue weighted by molar-refractivity contribution is 0.174. The zero-order chi connectivity index (χ0) is 14.6. The number of phenols is 1. The number of nitrogens with one attached hydrogen (secondary N) is 1. The van der Waals surface area contributed by atoms with Gasteiger partial charge in [0.25, 0.3) is 0 Å². The largest absolute Gasteiger partial charge is 0.507 e. The van der Waals surface area contributed by atoms with Crippen molar-refractivity contribution in [1.29, 1.82) is 0 Å². The van der Waals surface area contributed by atoms with Gasteiger partial charge in [-0.15, -0.1) is 0 Å². The number of thioether (sulfide) groups is 1. The summed E-state index contributed by atoms with van der Waals surface area (Å²) in [5.41, 5.74) is 0.844. The lowest BCUT2D eigenvalue weighted by atomic mass is 10.0. The van der Waals surface area contributed by atoms with Crippen molar-refractivity contribution in [2.45, 2.75) is 38.0 Å². The third-order valence-electron chi connectivity index (χ3n) is 4.06. The number of hydrogen-bond acceptors (Lipinski definition) is 5. The molecule has 0 radical (unpaired) electrons. The lowest BCUT2D eigenvalue weighted by Gasteiger charge is -2.30. The van der Waals surface area contributed by atoms with E-state index >= 15 is 0 Å². The average molecular weight is 297 g/mol. The van der Waals surface area contributed by atoms with Crippen LogP contribution < -0.4 is 14.8 Å². The topological polar surface area (TPSA) is 50.7 Å². The minimum atomic E-state index is 0.229. The van der Waals surface area contributed by atoms with Crippen LogP contribution in [-0.4, -0.2) is 29.4 Å². The second kappa shape index (κ2) is 6.59. The van der Waals surface area contributed by atoms with Crippen LogP contribution >= 0.6 is 11.8 Å². The summed E-state index contributed by atoms with van der Waals surface area (Å²) in [4.78, 5) is 0. The minimum absolute atomic E-state index is 0.229. The number of ether oxygens (including phenoxy) is 2. The highest BCUT2D eigenvalue weighted by molar-refractivity contribution is 8.00. The summed E-state index contributed by atoms with van der Waals surface area (Å²) in [7, 11) is 0. The predicted molar refractivity (Wildman–Crippen MR) is 82.8 cm³/mol. The molecular weight excluding hydrogens is 274 g/mol. The van der Waals surface area contributed by atoms with Crippen molar-refractivity contribution in [1.82, 2.24) is 5.32 Å². The summed E-state index contributed by atoms with van der Waals surface area (Å²) in [5, 5.41) is 13.4. The van der Waals surface area contributed by atoms with Gasteiger partial charge in [0.2, 0.25) is 6.79 Å². The Bertz CT molecular complexity index is 452. The molecule has 112 valence electrons. The SMILES string of the molecule is CCC(CC)(CNCc1cc2c(cc1O)OCO2)SC. The number of aromatic hydroxyl groups is 1. The Hall–Kier alpha value is -1.07. The van der Waals surface area contributed by atoms with E-state index in [9.17, 15) is 5.11 Å². The van der Waals surface area contributed by atoms with Gasteiger partial charge < -0.3 is 19.9 Å². The molecule has 5 heteroatoms. The lowest BCUT2D eigenvalue weighted by Crippen LogP contribution is -2.36. The molecule has 0 aromatic heterocycles. The van der Waals surface area contributed by atoms with Crippen molar-refractivity contribution >= 4 is 11.8 Å². The molecule has 0 saturated carbocycles. The van der Waals surface area contributed by atoms with E-state index in [0.29, 0.717) is 18.0 Å². The Labute approximate surface area is 124 Å². The smallest absolute Gasteiger partial charge is 0.231 e. The van der Waals surface area contributed by atoms with Crippen LogP contribution in [0.4, 0.5) is 0 Å². The summed E-state index contributed by atoms with van der Waals surface area (Å²) in [6.45, 7) is 6.23. The van der Waals surface area contributed by atoms with Crippen LogP contribution in [0.1, 0.15) is 32.3 Å². The van der Waals surface area contributed by atoms with E-state index in [-0.39, 0.29) is 17.3 Å². The van der Waals surface area contributed by atoms with Crippen molar-refractivity contribution in [3.63, 3.8) is 0 Å². The van der Waals surface area contributed by atoms with Gasteiger partial charge in [0, 0.05) is 29.5 Å². The van der Waals surface area contributed by atoms with Gasteiger partial charge in [-0.05, 0) is 25.2 Å². The first-order valence-electron chi connectivity index (χ1n) is 7.01. The molecule has 1 aliphatic rings. The highest BCUT2D eigenvalue weighted by atomic mass is 32.2. The van der Waals surface area contributed by atoms with Crippen LogP contribution in [0.15, 0.2) is 12.1 Å². The first-order chi connectivity index (χ1) is 9.64. The highest BCUT2D eigenvalue weighted by Crippen LogP contribution is 2.37. The summed E-state index contributed by atoms with van der Waals surface area (Å²) < 4.78 is 10.8. The summed E-state index contributed by atoms with van der Waals surface area (Å²) in [6.07, 6.45) is 4.42. The van der Waals surface area contributed by atoms with E-state index in [4.69, 9.17) is 9.47 Å². The monoisotopic (exact) mass is 297 g/mol. The van der Waals surface area contributed by atoms with E-state index in [1.165, 1.54) is 0 Å². The van der Waals surface area contributed by atoms with E-state index in [1.807, 2.05) is 17.8 Å². The second-order valence-corrected chi connectivity index (χ2v) is 6.31. The molecule has 1 heterocycles. The zero-order valence-electron chi connectivity index (χ0n) is 12.4. The fourth-order valence-electron chi connectivity index (χ4n) is 2.40. The normalized spacial score (nSPS) is 13.8. The molecule has 0 atom stereocenters. The first kappa shape index (κ1) is 15.3. The number of rotatable bonds is 7. The number of phenolic OH excluding ortho intramolecular Hbond substituents is 1. The molecule has 0 fully saturated rings. The molecule has 1 aliphatic heterocycles. The van der Waals surface area contributed by atoms with E-state index in [1.54, 1.807) is 6.07 Å². The Balaban J connectivity index is 1.98. The fraction of sp³-hybridized carbons (Fsp3) is 0.600. The van der Waals surface area contributed by atoms with Crippen LogP contribution in [-0.2, 0) is 6.54 Å². The molecule has 0 saturated heterocycles. The molecule has 0 amide bonds. The molecule has 1 aromatic rings. The van der Waals surface area contributed by atoms with Gasteiger partial charge >= 0.3 is 0 Å². The van der Waals surface area contributed by atoms with Gasteiger partial charge in [-0.25, -0.2) is 0 Å². The molecule has 4 nitrogen and oxygen atoms in total. The summed E-state index contributed by atoms with van der Waals surface area (Å²) in [5.74, 6) is 1.58. The molecule has 20 heavy (non-hydrogen) atoms. The van der Waals surface area contributed by atoms with E-state index in [0.717, 1.165) is 24.9 Å². The predicted octanol–water partition coefficient (Wildman–Crippen LogP) is 3.13. The Morgan fingerprint density at radius 3 is 2.50 bits per heavy atom. The summed E-state index contributed by atoms with van der Waals surface area (Å²) >= 11 is 1.91. The molecule has 0 spiro atoms. The van der Waals surface area contributed by atoms with Crippen LogP contribution in [0.2, 0.25) is 0 Å². The number of fused-ring (bicyclic) bond motifs is 1. The molecule has 0 unspecified atom stereocenters. The van der Waals surface area contributed by atoms with Gasteiger partial charge in [-0.1, -0.05) is 13.8 Å². The molecule has 2 N–H and O–H groups in total. The second-order valence-electron chi connectivity index (χ2n) is 5.03. The van der Waals surface area contributed by atoms with Crippen LogP contribution in [0.5, 0.6) is 17.2 Å². The van der Waals surface area contributed by atoms with Gasteiger partial charge in [0.1, 0.15) is 5.75 Å². The van der Waals surface area contributed by atoms with Crippen LogP contribution in [0, 0.1) is 0 Å². The number of hydrogen-bond donors (Lipinski definition) is 2. The molecule has 1 aromatic carbocycles. The fourth-order valence-corrected chi connectivity index (χ4v) is 3.22.